The molecule has 1 aromatic carbocycles. The molecule has 140 valence electrons. The summed E-state index contributed by atoms with van der Waals surface area (Å²) in [5.74, 6) is 0.327. The van der Waals surface area contributed by atoms with Crippen LogP contribution in [0.4, 0.5) is 0 Å². The number of carbonyl (C=O) groups is 1. The van der Waals surface area contributed by atoms with E-state index in [1.807, 2.05) is 35.2 Å². The van der Waals surface area contributed by atoms with E-state index in [-0.39, 0.29) is 23.5 Å². The zero-order valence-corrected chi connectivity index (χ0v) is 15.7. The van der Waals surface area contributed by atoms with Crippen LogP contribution in [0, 0.1) is 0 Å². The summed E-state index contributed by atoms with van der Waals surface area (Å²) in [5.41, 5.74) is 0.917. The molecule has 0 spiro atoms. The third kappa shape index (κ3) is 4.76. The molecule has 1 atom stereocenters. The lowest BCUT2D eigenvalue weighted by atomic mass is 10.1. The Hall–Kier alpha value is -2.06. The summed E-state index contributed by atoms with van der Waals surface area (Å²) in [6.07, 6.45) is 1.76. The van der Waals surface area contributed by atoms with Crippen LogP contribution >= 0.6 is 11.8 Å². The summed E-state index contributed by atoms with van der Waals surface area (Å²) in [6.45, 7) is 4.43. The molecule has 1 aliphatic rings. The maximum absolute atomic E-state index is 12.5. The Morgan fingerprint density at radius 2 is 2.19 bits per heavy atom. The Balaban J connectivity index is 1.56. The van der Waals surface area contributed by atoms with E-state index in [1.165, 1.54) is 11.8 Å². The van der Waals surface area contributed by atoms with Gasteiger partial charge >= 0.3 is 5.69 Å². The van der Waals surface area contributed by atoms with Crippen molar-refractivity contribution < 1.29 is 9.53 Å². The van der Waals surface area contributed by atoms with Gasteiger partial charge < -0.3 is 9.64 Å². The van der Waals surface area contributed by atoms with Crippen molar-refractivity contribution in [2.45, 2.75) is 37.6 Å². The number of aromatic amines is 1. The zero-order valence-electron chi connectivity index (χ0n) is 14.9. The first kappa shape index (κ1) is 18.7. The number of hydrogen-bond donors (Lipinski definition) is 1. The number of morpholine rings is 1. The van der Waals surface area contributed by atoms with Crippen molar-refractivity contribution in [3.8, 4) is 0 Å². The van der Waals surface area contributed by atoms with Gasteiger partial charge in [0.25, 0.3) is 0 Å². The Kier molecular flexibility index (Phi) is 6.51. The normalized spacial score (nSPS) is 17.4. The van der Waals surface area contributed by atoms with Gasteiger partial charge in [0.05, 0.1) is 18.5 Å². The number of H-pyrrole nitrogens is 1. The molecule has 0 radical (unpaired) electrons. The minimum Gasteiger partial charge on any atom is -0.375 e. The number of amides is 1. The van der Waals surface area contributed by atoms with E-state index in [0.29, 0.717) is 31.4 Å². The lowest BCUT2D eigenvalue weighted by Crippen LogP contribution is -2.46. The molecule has 1 aromatic heterocycles. The Labute approximate surface area is 156 Å². The number of ether oxygens (including phenoxy) is 1. The molecule has 1 saturated heterocycles. The average molecular weight is 376 g/mol. The van der Waals surface area contributed by atoms with Gasteiger partial charge in [-0.05, 0) is 18.4 Å². The van der Waals surface area contributed by atoms with Crippen molar-refractivity contribution in [2.75, 3.05) is 25.4 Å². The Morgan fingerprint density at radius 3 is 2.96 bits per heavy atom. The molecule has 1 aliphatic heterocycles. The summed E-state index contributed by atoms with van der Waals surface area (Å²) >= 11 is 1.30. The van der Waals surface area contributed by atoms with Crippen molar-refractivity contribution in [1.29, 1.82) is 0 Å². The highest BCUT2D eigenvalue weighted by molar-refractivity contribution is 7.99. The van der Waals surface area contributed by atoms with E-state index in [9.17, 15) is 9.59 Å². The van der Waals surface area contributed by atoms with E-state index >= 15 is 0 Å². The maximum Gasteiger partial charge on any atom is 0.343 e. The Bertz CT molecular complexity index is 774. The van der Waals surface area contributed by atoms with Crippen LogP contribution in [0.1, 0.15) is 18.9 Å². The molecule has 7 nitrogen and oxygen atoms in total. The molecule has 1 amide bonds. The second kappa shape index (κ2) is 9.05. The summed E-state index contributed by atoms with van der Waals surface area (Å²) in [5, 5.41) is 7.11. The highest BCUT2D eigenvalue weighted by Gasteiger charge is 2.23. The van der Waals surface area contributed by atoms with Gasteiger partial charge in [-0.3, -0.25) is 9.36 Å². The molecule has 0 unspecified atom stereocenters. The predicted octanol–water partition coefficient (Wildman–Crippen LogP) is 1.54. The molecule has 8 heteroatoms. The number of rotatable bonds is 7. The fourth-order valence-corrected chi connectivity index (χ4v) is 3.78. The van der Waals surface area contributed by atoms with Crippen LogP contribution in [0.25, 0.3) is 0 Å². The van der Waals surface area contributed by atoms with Gasteiger partial charge in [0.15, 0.2) is 5.16 Å². The molecule has 3 rings (SSSR count). The van der Waals surface area contributed by atoms with E-state index in [2.05, 4.69) is 17.1 Å². The van der Waals surface area contributed by atoms with Crippen LogP contribution in [-0.4, -0.2) is 57.1 Å². The van der Waals surface area contributed by atoms with Gasteiger partial charge in [-0.15, -0.1) is 5.10 Å². The Morgan fingerprint density at radius 1 is 1.38 bits per heavy atom. The molecule has 26 heavy (non-hydrogen) atoms. The predicted molar refractivity (Wildman–Crippen MR) is 100 cm³/mol. The van der Waals surface area contributed by atoms with Crippen LogP contribution in [-0.2, 0) is 22.5 Å². The molecular weight excluding hydrogens is 352 g/mol. The van der Waals surface area contributed by atoms with Crippen LogP contribution in [0.5, 0.6) is 0 Å². The number of thioether (sulfide) groups is 1. The molecule has 0 bridgehead atoms. The fourth-order valence-electron chi connectivity index (χ4n) is 2.91. The summed E-state index contributed by atoms with van der Waals surface area (Å²) in [6, 6.07) is 9.99. The first-order valence-electron chi connectivity index (χ1n) is 8.88. The first-order chi connectivity index (χ1) is 12.7. The number of benzene rings is 1. The highest BCUT2D eigenvalue weighted by Crippen LogP contribution is 2.16. The van der Waals surface area contributed by atoms with E-state index in [0.717, 1.165) is 18.4 Å². The SMILES string of the molecule is CC[C@@H]1CN(C(=O)CSc2n[nH]c(=O)n2CCc2ccccc2)CCO1. The van der Waals surface area contributed by atoms with Crippen LogP contribution in [0.2, 0.25) is 0 Å². The van der Waals surface area contributed by atoms with Crippen molar-refractivity contribution >= 4 is 17.7 Å². The monoisotopic (exact) mass is 376 g/mol. The van der Waals surface area contributed by atoms with Crippen molar-refractivity contribution in [2.24, 2.45) is 0 Å². The van der Waals surface area contributed by atoms with Gasteiger partial charge in [0, 0.05) is 19.6 Å². The number of aromatic nitrogens is 3. The third-order valence-corrected chi connectivity index (χ3v) is 5.42. The standard InChI is InChI=1S/C18H24N4O3S/c1-2-15-12-21(10-11-25-15)16(23)13-26-18-20-19-17(24)22(18)9-8-14-6-4-3-5-7-14/h3-7,15H,2,8-13H2,1H3,(H,19,24)/t15-/m1/s1. The number of nitrogens with one attached hydrogen (secondary N) is 1. The lowest BCUT2D eigenvalue weighted by Gasteiger charge is -2.32. The van der Waals surface area contributed by atoms with Crippen molar-refractivity contribution in [3.05, 3.63) is 46.4 Å². The van der Waals surface area contributed by atoms with E-state index in [4.69, 9.17) is 4.74 Å². The average Bonchev–Trinajstić information content (AvgIpc) is 3.04. The summed E-state index contributed by atoms with van der Waals surface area (Å²) in [7, 11) is 0. The molecule has 1 fully saturated rings. The maximum atomic E-state index is 12.5. The molecule has 0 aliphatic carbocycles. The van der Waals surface area contributed by atoms with Gasteiger partial charge in [-0.2, -0.15) is 0 Å². The second-order valence-corrected chi connectivity index (χ2v) is 7.17. The van der Waals surface area contributed by atoms with Crippen molar-refractivity contribution in [3.63, 3.8) is 0 Å². The highest BCUT2D eigenvalue weighted by atomic mass is 32.2. The van der Waals surface area contributed by atoms with Gasteiger partial charge in [0.1, 0.15) is 0 Å². The minimum atomic E-state index is -0.242. The largest absolute Gasteiger partial charge is 0.375 e. The van der Waals surface area contributed by atoms with E-state index in [1.54, 1.807) is 4.57 Å². The number of hydrogen-bond acceptors (Lipinski definition) is 5. The quantitative estimate of drug-likeness (QED) is 0.742. The molecule has 2 heterocycles. The minimum absolute atomic E-state index is 0.0572. The number of aryl methyl sites for hydroxylation is 1. The van der Waals surface area contributed by atoms with E-state index < -0.39 is 0 Å². The summed E-state index contributed by atoms with van der Waals surface area (Å²) in [4.78, 5) is 26.3. The van der Waals surface area contributed by atoms with Crippen LogP contribution in [0.3, 0.4) is 0 Å². The van der Waals surface area contributed by atoms with Gasteiger partial charge in [-0.25, -0.2) is 9.89 Å². The molecule has 1 N–H and O–H groups in total. The number of nitrogens with zero attached hydrogens (tertiary/aromatic N) is 3. The van der Waals surface area contributed by atoms with Gasteiger partial charge in [0.2, 0.25) is 5.91 Å². The topological polar surface area (TPSA) is 80.2 Å². The molecule has 0 saturated carbocycles. The molecule has 2 aromatic rings. The van der Waals surface area contributed by atoms with Crippen LogP contribution < -0.4 is 5.69 Å². The smallest absolute Gasteiger partial charge is 0.343 e. The summed E-state index contributed by atoms with van der Waals surface area (Å²) < 4.78 is 7.20. The first-order valence-corrected chi connectivity index (χ1v) is 9.87. The third-order valence-electron chi connectivity index (χ3n) is 4.46. The number of carbonyl (C=O) groups excluding carboxylic acids is 1. The second-order valence-electron chi connectivity index (χ2n) is 6.23. The fraction of sp³-hybridized carbons (Fsp3) is 0.500. The van der Waals surface area contributed by atoms with Gasteiger partial charge in [-0.1, -0.05) is 49.0 Å². The lowest BCUT2D eigenvalue weighted by molar-refractivity contribution is -0.135. The van der Waals surface area contributed by atoms with Crippen molar-refractivity contribution in [1.82, 2.24) is 19.7 Å². The van der Waals surface area contributed by atoms with Crippen LogP contribution in [0.15, 0.2) is 40.3 Å². The molecular formula is C18H24N4O3S. The zero-order chi connectivity index (χ0) is 18.4.